The Kier molecular flexibility index (Phi) is 5.44. The molecule has 1 aliphatic rings. The average molecular weight is 448 g/mol. The Morgan fingerprint density at radius 1 is 0.875 bits per heavy atom. The Hall–Kier alpha value is -3.35. The zero-order valence-electron chi connectivity index (χ0n) is 16.3. The molecule has 5 atom stereocenters. The number of aliphatic hydroxyl groups is 4. The number of aliphatic hydroxyl groups excluding tert-OH is 4. The van der Waals surface area contributed by atoms with Gasteiger partial charge in [0.2, 0.25) is 5.43 Å². The maximum absolute atomic E-state index is 13.1. The standard InChI is InChI=1S/C21H20O11/c22-5-13-17(27)19(29)20(30)21(32-13)14-11(25)4-12-15(18(14)28)16(26)8(6-31-12)7-1-2-9(23)10(24)3-7/h1-4,6,13,17,19-25,27-30H,5H2/t13?,17-,19+,20?,21+/m1/s1. The summed E-state index contributed by atoms with van der Waals surface area (Å²) in [6.45, 7) is -0.729. The van der Waals surface area contributed by atoms with Crippen LogP contribution >= 0.6 is 0 Å². The Morgan fingerprint density at radius 2 is 1.59 bits per heavy atom. The van der Waals surface area contributed by atoms with Gasteiger partial charge in [-0.3, -0.25) is 4.79 Å². The molecule has 3 aromatic rings. The van der Waals surface area contributed by atoms with Crippen LogP contribution in [0.1, 0.15) is 11.7 Å². The SMILES string of the molecule is O=c1c(-c2ccc(O)c(O)c2)coc2cc(O)c([C@@H]3OC(CO)[C@@H](O)[C@H](O)C3O)c(O)c12. The number of phenolic OH excluding ortho intramolecular Hbond substituents is 4. The van der Waals surface area contributed by atoms with E-state index in [0.717, 1.165) is 24.5 Å². The van der Waals surface area contributed by atoms with Crippen LogP contribution in [-0.2, 0) is 4.74 Å². The van der Waals surface area contributed by atoms with Crippen molar-refractivity contribution in [2.24, 2.45) is 0 Å². The lowest BCUT2D eigenvalue weighted by Crippen LogP contribution is -2.55. The van der Waals surface area contributed by atoms with E-state index in [-0.39, 0.29) is 22.1 Å². The van der Waals surface area contributed by atoms with Gasteiger partial charge < -0.3 is 50.0 Å². The maximum Gasteiger partial charge on any atom is 0.204 e. The van der Waals surface area contributed by atoms with Crippen molar-refractivity contribution in [3.8, 4) is 34.1 Å². The summed E-state index contributed by atoms with van der Waals surface area (Å²) in [5.41, 5.74) is -1.34. The number of hydrogen-bond acceptors (Lipinski definition) is 11. The van der Waals surface area contributed by atoms with Crippen LogP contribution < -0.4 is 5.43 Å². The molecular weight excluding hydrogens is 428 g/mol. The summed E-state index contributed by atoms with van der Waals surface area (Å²) in [5.74, 6) is -2.32. The van der Waals surface area contributed by atoms with E-state index in [1.165, 1.54) is 6.07 Å². The van der Waals surface area contributed by atoms with Gasteiger partial charge in [-0.2, -0.15) is 0 Å². The Bertz CT molecular complexity index is 1230. The molecule has 2 heterocycles. The fourth-order valence-electron chi connectivity index (χ4n) is 3.78. The molecule has 0 aliphatic carbocycles. The first-order valence-electron chi connectivity index (χ1n) is 9.48. The van der Waals surface area contributed by atoms with Crippen LogP contribution in [0.3, 0.4) is 0 Å². The fraction of sp³-hybridized carbons (Fsp3) is 0.286. The van der Waals surface area contributed by atoms with Crippen molar-refractivity contribution in [2.75, 3.05) is 6.61 Å². The topological polar surface area (TPSA) is 201 Å². The third kappa shape index (κ3) is 3.32. The Balaban J connectivity index is 1.91. The molecule has 11 nitrogen and oxygen atoms in total. The molecule has 1 fully saturated rings. The van der Waals surface area contributed by atoms with Crippen LogP contribution in [0, 0.1) is 0 Å². The molecule has 8 N–H and O–H groups in total. The van der Waals surface area contributed by atoms with Crippen LogP contribution in [0.25, 0.3) is 22.1 Å². The van der Waals surface area contributed by atoms with E-state index in [4.69, 9.17) is 9.15 Å². The first kappa shape index (κ1) is 21.9. The molecule has 1 aromatic heterocycles. The largest absolute Gasteiger partial charge is 0.507 e. The van der Waals surface area contributed by atoms with Gasteiger partial charge in [-0.25, -0.2) is 0 Å². The minimum atomic E-state index is -1.81. The van der Waals surface area contributed by atoms with Crippen molar-refractivity contribution < 1.29 is 50.0 Å². The third-order valence-electron chi connectivity index (χ3n) is 5.52. The number of phenols is 4. The van der Waals surface area contributed by atoms with Crippen LogP contribution in [0.5, 0.6) is 23.0 Å². The summed E-state index contributed by atoms with van der Waals surface area (Å²) in [4.78, 5) is 13.1. The highest BCUT2D eigenvalue weighted by Gasteiger charge is 2.46. The van der Waals surface area contributed by atoms with E-state index in [0.29, 0.717) is 0 Å². The maximum atomic E-state index is 13.1. The normalized spacial score (nSPS) is 25.8. The highest BCUT2D eigenvalue weighted by molar-refractivity contribution is 5.90. The summed E-state index contributed by atoms with van der Waals surface area (Å²) < 4.78 is 10.7. The summed E-state index contributed by atoms with van der Waals surface area (Å²) in [6, 6.07) is 4.61. The monoisotopic (exact) mass is 448 g/mol. The minimum Gasteiger partial charge on any atom is -0.507 e. The molecule has 0 bridgehead atoms. The molecule has 2 aromatic carbocycles. The quantitative estimate of drug-likeness (QED) is 0.247. The van der Waals surface area contributed by atoms with E-state index in [2.05, 4.69) is 0 Å². The van der Waals surface area contributed by atoms with Crippen molar-refractivity contribution in [3.63, 3.8) is 0 Å². The first-order chi connectivity index (χ1) is 15.1. The second-order valence-corrected chi connectivity index (χ2v) is 7.46. The molecule has 32 heavy (non-hydrogen) atoms. The van der Waals surface area contributed by atoms with Gasteiger partial charge in [0.25, 0.3) is 0 Å². The smallest absolute Gasteiger partial charge is 0.204 e. The summed E-state index contributed by atoms with van der Waals surface area (Å²) in [7, 11) is 0. The Labute approximate surface area is 179 Å². The van der Waals surface area contributed by atoms with Gasteiger partial charge in [0.05, 0.1) is 17.7 Å². The summed E-state index contributed by atoms with van der Waals surface area (Å²) in [6.07, 6.45) is -7.11. The summed E-state index contributed by atoms with van der Waals surface area (Å²) >= 11 is 0. The lowest BCUT2D eigenvalue weighted by atomic mass is 9.89. The van der Waals surface area contributed by atoms with Crippen molar-refractivity contribution >= 4 is 11.0 Å². The predicted molar refractivity (Wildman–Crippen MR) is 107 cm³/mol. The average Bonchev–Trinajstić information content (AvgIpc) is 2.75. The lowest BCUT2D eigenvalue weighted by molar-refractivity contribution is -0.232. The summed E-state index contributed by atoms with van der Waals surface area (Å²) in [5, 5.41) is 79.8. The number of rotatable bonds is 3. The predicted octanol–water partition coefficient (Wildman–Crippen LogP) is -0.203. The van der Waals surface area contributed by atoms with Gasteiger partial charge in [-0.1, -0.05) is 6.07 Å². The van der Waals surface area contributed by atoms with Gasteiger partial charge in [0.15, 0.2) is 11.5 Å². The van der Waals surface area contributed by atoms with Crippen molar-refractivity contribution in [1.82, 2.24) is 0 Å². The molecule has 0 radical (unpaired) electrons. The zero-order chi connectivity index (χ0) is 23.3. The zero-order valence-corrected chi connectivity index (χ0v) is 16.3. The highest BCUT2D eigenvalue weighted by atomic mass is 16.5. The number of aromatic hydroxyl groups is 4. The van der Waals surface area contributed by atoms with E-state index in [1.807, 2.05) is 0 Å². The molecular formula is C21H20O11. The molecule has 0 spiro atoms. The Morgan fingerprint density at radius 3 is 2.25 bits per heavy atom. The molecule has 0 amide bonds. The molecule has 4 rings (SSSR count). The van der Waals surface area contributed by atoms with Gasteiger partial charge in [0.1, 0.15) is 59.3 Å². The molecule has 170 valence electrons. The van der Waals surface area contributed by atoms with Crippen molar-refractivity contribution in [2.45, 2.75) is 30.5 Å². The molecule has 2 unspecified atom stereocenters. The van der Waals surface area contributed by atoms with Crippen LogP contribution in [0.2, 0.25) is 0 Å². The number of fused-ring (bicyclic) bond motifs is 1. The highest BCUT2D eigenvalue weighted by Crippen LogP contribution is 2.44. The molecule has 0 saturated carbocycles. The van der Waals surface area contributed by atoms with E-state index in [9.17, 15) is 45.6 Å². The van der Waals surface area contributed by atoms with Crippen LogP contribution in [0.15, 0.2) is 39.7 Å². The minimum absolute atomic E-state index is 0.0893. The van der Waals surface area contributed by atoms with E-state index in [1.54, 1.807) is 0 Å². The fourth-order valence-corrected chi connectivity index (χ4v) is 3.78. The lowest BCUT2D eigenvalue weighted by Gasteiger charge is -2.40. The van der Waals surface area contributed by atoms with Gasteiger partial charge in [-0.05, 0) is 17.7 Å². The van der Waals surface area contributed by atoms with Crippen molar-refractivity contribution in [3.05, 3.63) is 46.3 Å². The second-order valence-electron chi connectivity index (χ2n) is 7.46. The van der Waals surface area contributed by atoms with E-state index < -0.39 is 71.1 Å². The van der Waals surface area contributed by atoms with E-state index >= 15 is 0 Å². The molecule has 1 aliphatic heterocycles. The number of benzene rings is 2. The third-order valence-corrected chi connectivity index (χ3v) is 5.52. The first-order valence-corrected chi connectivity index (χ1v) is 9.48. The second kappa shape index (κ2) is 7.97. The van der Waals surface area contributed by atoms with Crippen LogP contribution in [0.4, 0.5) is 0 Å². The number of ether oxygens (including phenoxy) is 1. The van der Waals surface area contributed by atoms with Crippen LogP contribution in [-0.4, -0.2) is 71.9 Å². The van der Waals surface area contributed by atoms with Gasteiger partial charge >= 0.3 is 0 Å². The number of hydrogen-bond donors (Lipinski definition) is 8. The van der Waals surface area contributed by atoms with Crippen molar-refractivity contribution in [1.29, 1.82) is 0 Å². The van der Waals surface area contributed by atoms with Gasteiger partial charge in [0, 0.05) is 6.07 Å². The molecule has 1 saturated heterocycles. The molecule has 11 heteroatoms. The van der Waals surface area contributed by atoms with Gasteiger partial charge in [-0.15, -0.1) is 0 Å².